The maximum absolute atomic E-state index is 13.4. The number of rotatable bonds is 8. The summed E-state index contributed by atoms with van der Waals surface area (Å²) in [6, 6.07) is 4.89. The van der Waals surface area contributed by atoms with E-state index in [-0.39, 0.29) is 35.7 Å². The Balaban J connectivity index is 1.38. The standard InChI is InChI=1S/C28H36F3N7O2S/c1-18-13-26(5,6)36(15-18)23-20(24(39)35-41-19-14-32-38(16-19)25(2,3)4)7-8-21(33-23)37-12-9-22(34-37)40-17-27(10-11-27)28(29,30)31/h7-9,12,14,16,18H,10-11,13,15,17H2,1-6H3,(H,35,39)/t18-/m0/s1. The molecule has 3 aromatic rings. The van der Waals surface area contributed by atoms with Crippen LogP contribution in [0.4, 0.5) is 19.0 Å². The van der Waals surface area contributed by atoms with Gasteiger partial charge in [0.2, 0.25) is 5.88 Å². The van der Waals surface area contributed by atoms with Crippen molar-refractivity contribution < 1.29 is 22.7 Å². The topological polar surface area (TPSA) is 90.1 Å². The molecule has 1 saturated carbocycles. The van der Waals surface area contributed by atoms with Gasteiger partial charge in [-0.2, -0.15) is 18.3 Å². The highest BCUT2D eigenvalue weighted by Gasteiger charge is 2.64. The summed E-state index contributed by atoms with van der Waals surface area (Å²) in [6.45, 7) is 12.8. The van der Waals surface area contributed by atoms with E-state index in [2.05, 4.69) is 40.6 Å². The summed E-state index contributed by atoms with van der Waals surface area (Å²) in [4.78, 5) is 21.2. The number of nitrogens with zero attached hydrogens (tertiary/aromatic N) is 6. The number of halogens is 3. The predicted molar refractivity (Wildman–Crippen MR) is 150 cm³/mol. The van der Waals surface area contributed by atoms with Gasteiger partial charge in [0.25, 0.3) is 5.91 Å². The van der Waals surface area contributed by atoms with Crippen LogP contribution < -0.4 is 14.4 Å². The number of carbonyl (C=O) groups is 1. The molecule has 9 nitrogen and oxygen atoms in total. The summed E-state index contributed by atoms with van der Waals surface area (Å²) in [5.41, 5.74) is -1.78. The van der Waals surface area contributed by atoms with Gasteiger partial charge in [0, 0.05) is 30.5 Å². The minimum Gasteiger partial charge on any atom is -0.476 e. The van der Waals surface area contributed by atoms with E-state index in [0.29, 0.717) is 23.1 Å². The van der Waals surface area contributed by atoms with Gasteiger partial charge in [-0.05, 0) is 83.9 Å². The number of amides is 1. The first-order valence-corrected chi connectivity index (χ1v) is 14.5. The zero-order valence-electron chi connectivity index (χ0n) is 24.1. The molecule has 2 fully saturated rings. The average Bonchev–Trinajstić information content (AvgIpc) is 3.20. The summed E-state index contributed by atoms with van der Waals surface area (Å²) in [7, 11) is 0. The van der Waals surface area contributed by atoms with Crippen molar-refractivity contribution in [3.63, 3.8) is 0 Å². The van der Waals surface area contributed by atoms with Crippen molar-refractivity contribution in [2.45, 2.75) is 83.0 Å². The van der Waals surface area contributed by atoms with Gasteiger partial charge < -0.3 is 9.64 Å². The summed E-state index contributed by atoms with van der Waals surface area (Å²) in [5, 5.41) is 8.70. The van der Waals surface area contributed by atoms with Crippen LogP contribution in [-0.2, 0) is 5.54 Å². The molecular weight excluding hydrogens is 555 g/mol. The molecular formula is C28H36F3N7O2S. The highest BCUT2D eigenvalue weighted by Crippen LogP contribution is 2.57. The molecule has 3 aromatic heterocycles. The van der Waals surface area contributed by atoms with Crippen molar-refractivity contribution >= 4 is 23.7 Å². The van der Waals surface area contributed by atoms with Crippen LogP contribution in [0.15, 0.2) is 41.7 Å². The number of aromatic nitrogens is 5. The number of nitrogens with one attached hydrogen (secondary N) is 1. The van der Waals surface area contributed by atoms with Crippen LogP contribution in [0.3, 0.4) is 0 Å². The quantitative estimate of drug-likeness (QED) is 0.321. The minimum absolute atomic E-state index is 0.0624. The van der Waals surface area contributed by atoms with Crippen molar-refractivity contribution in [1.82, 2.24) is 29.3 Å². The third-order valence-electron chi connectivity index (χ3n) is 7.69. The van der Waals surface area contributed by atoms with Gasteiger partial charge in [0.05, 0.1) is 22.2 Å². The first-order chi connectivity index (χ1) is 19.1. The first-order valence-electron chi connectivity index (χ1n) is 13.6. The van der Waals surface area contributed by atoms with Crippen molar-refractivity contribution in [1.29, 1.82) is 0 Å². The van der Waals surface area contributed by atoms with E-state index >= 15 is 0 Å². The molecule has 4 heterocycles. The number of hydrogen-bond acceptors (Lipinski definition) is 7. The number of anilines is 1. The Morgan fingerprint density at radius 2 is 1.93 bits per heavy atom. The Kier molecular flexibility index (Phi) is 7.32. The molecule has 5 rings (SSSR count). The highest BCUT2D eigenvalue weighted by atomic mass is 32.2. The molecule has 1 saturated heterocycles. The van der Waals surface area contributed by atoms with Crippen LogP contribution in [-0.4, -0.2) is 55.3 Å². The van der Waals surface area contributed by atoms with Gasteiger partial charge in [-0.1, -0.05) is 6.92 Å². The fourth-order valence-electron chi connectivity index (χ4n) is 5.18. The van der Waals surface area contributed by atoms with E-state index in [0.717, 1.165) is 17.9 Å². The summed E-state index contributed by atoms with van der Waals surface area (Å²) in [6.07, 6.45) is 1.94. The maximum atomic E-state index is 13.4. The molecule has 222 valence electrons. The second-order valence-corrected chi connectivity index (χ2v) is 13.6. The van der Waals surface area contributed by atoms with Crippen LogP contribution in [0.5, 0.6) is 5.88 Å². The summed E-state index contributed by atoms with van der Waals surface area (Å²) in [5.74, 6) is 1.14. The smallest absolute Gasteiger partial charge is 0.397 e. The van der Waals surface area contributed by atoms with E-state index in [1.54, 1.807) is 24.5 Å². The normalized spacial score (nSPS) is 19.8. The van der Waals surface area contributed by atoms with Gasteiger partial charge in [-0.25, -0.2) is 9.67 Å². The lowest BCUT2D eigenvalue weighted by atomic mass is 9.97. The number of hydrogen-bond donors (Lipinski definition) is 1. The zero-order chi connectivity index (χ0) is 29.8. The number of alkyl halides is 3. The summed E-state index contributed by atoms with van der Waals surface area (Å²) < 4.78 is 51.5. The van der Waals surface area contributed by atoms with E-state index in [1.807, 2.05) is 31.6 Å². The largest absolute Gasteiger partial charge is 0.476 e. The molecule has 1 aliphatic heterocycles. The second-order valence-electron chi connectivity index (χ2n) is 12.8. The van der Waals surface area contributed by atoms with Crippen LogP contribution in [0.2, 0.25) is 0 Å². The Bertz CT molecular complexity index is 1420. The average molecular weight is 592 g/mol. The SMILES string of the molecule is C[C@@H]1CN(c2nc(-n3ccc(OCC4(C(F)(F)F)CC4)n3)ccc2C(=O)NSc2cnn(C(C)(C)C)c2)C(C)(C)C1. The van der Waals surface area contributed by atoms with Crippen LogP contribution in [0, 0.1) is 11.3 Å². The van der Waals surface area contributed by atoms with Crippen LogP contribution in [0.1, 0.15) is 71.2 Å². The van der Waals surface area contributed by atoms with Gasteiger partial charge >= 0.3 is 6.18 Å². The highest BCUT2D eigenvalue weighted by molar-refractivity contribution is 7.98. The fraction of sp³-hybridized carbons (Fsp3) is 0.571. The Morgan fingerprint density at radius 3 is 2.51 bits per heavy atom. The predicted octanol–water partition coefficient (Wildman–Crippen LogP) is 6.00. The molecule has 1 amide bonds. The summed E-state index contributed by atoms with van der Waals surface area (Å²) >= 11 is 1.19. The lowest BCUT2D eigenvalue weighted by Crippen LogP contribution is -2.40. The van der Waals surface area contributed by atoms with E-state index in [9.17, 15) is 18.0 Å². The molecule has 1 N–H and O–H groups in total. The third-order valence-corrected chi connectivity index (χ3v) is 8.43. The molecule has 1 aliphatic carbocycles. The van der Waals surface area contributed by atoms with Crippen molar-refractivity contribution in [2.75, 3.05) is 18.1 Å². The molecule has 2 aliphatic rings. The Hall–Kier alpha value is -3.22. The first kappa shape index (κ1) is 29.3. The van der Waals surface area contributed by atoms with Gasteiger partial charge in [0.15, 0.2) is 5.82 Å². The van der Waals surface area contributed by atoms with Crippen LogP contribution in [0.25, 0.3) is 5.82 Å². The number of pyridine rings is 1. The van der Waals surface area contributed by atoms with Crippen molar-refractivity contribution in [3.8, 4) is 11.7 Å². The van der Waals surface area contributed by atoms with E-state index < -0.39 is 18.2 Å². The molecule has 1 atom stereocenters. The van der Waals surface area contributed by atoms with Crippen molar-refractivity contribution in [2.24, 2.45) is 11.3 Å². The second kappa shape index (κ2) is 10.2. The molecule has 41 heavy (non-hydrogen) atoms. The van der Waals surface area contributed by atoms with E-state index in [4.69, 9.17) is 9.72 Å². The molecule has 0 spiro atoms. The zero-order valence-corrected chi connectivity index (χ0v) is 24.9. The minimum atomic E-state index is -4.30. The molecule has 13 heteroatoms. The Labute approximate surface area is 242 Å². The third kappa shape index (κ3) is 6.05. The van der Waals surface area contributed by atoms with Gasteiger partial charge in [-0.15, -0.1) is 5.10 Å². The van der Waals surface area contributed by atoms with Gasteiger partial charge in [-0.3, -0.25) is 14.2 Å². The lowest BCUT2D eigenvalue weighted by molar-refractivity contribution is -0.194. The molecule has 0 bridgehead atoms. The van der Waals surface area contributed by atoms with Crippen LogP contribution >= 0.6 is 11.9 Å². The van der Waals surface area contributed by atoms with Gasteiger partial charge in [0.1, 0.15) is 17.8 Å². The Morgan fingerprint density at radius 1 is 1.20 bits per heavy atom. The molecule has 0 unspecified atom stereocenters. The maximum Gasteiger partial charge on any atom is 0.397 e. The monoisotopic (exact) mass is 591 g/mol. The lowest BCUT2D eigenvalue weighted by Gasteiger charge is -2.34. The van der Waals surface area contributed by atoms with Crippen molar-refractivity contribution in [3.05, 3.63) is 42.4 Å². The fourth-order valence-corrected chi connectivity index (χ4v) is 5.75. The van der Waals surface area contributed by atoms with E-state index in [1.165, 1.54) is 22.7 Å². The molecule has 0 radical (unpaired) electrons. The number of carbonyl (C=O) groups excluding carboxylic acids is 1. The number of ether oxygens (including phenoxy) is 1. The molecule has 0 aromatic carbocycles.